The van der Waals surface area contributed by atoms with E-state index in [1.807, 2.05) is 0 Å². The summed E-state index contributed by atoms with van der Waals surface area (Å²) in [5.74, 6) is 3.97. The lowest BCUT2D eigenvalue weighted by atomic mass is 9.41. The van der Waals surface area contributed by atoms with E-state index in [1.54, 1.807) is 6.92 Å². The van der Waals surface area contributed by atoms with Crippen molar-refractivity contribution in [1.82, 2.24) is 0 Å². The molecule has 10 atom stereocenters. The van der Waals surface area contributed by atoms with E-state index in [2.05, 4.69) is 27.7 Å². The summed E-state index contributed by atoms with van der Waals surface area (Å²) in [6.45, 7) is 11.4. The molecule has 4 aliphatic rings. The van der Waals surface area contributed by atoms with Gasteiger partial charge in [0, 0.05) is 19.3 Å². The fourth-order valence-electron chi connectivity index (χ4n) is 9.98. The molecule has 0 bridgehead atoms. The number of carbonyl (C=O) groups is 2. The van der Waals surface area contributed by atoms with E-state index >= 15 is 0 Å². The molecular formula is C29H48O4. The van der Waals surface area contributed by atoms with Crippen molar-refractivity contribution >= 4 is 11.9 Å². The molecule has 33 heavy (non-hydrogen) atoms. The van der Waals surface area contributed by atoms with E-state index in [9.17, 15) is 9.59 Å². The molecule has 4 nitrogen and oxygen atoms in total. The first-order chi connectivity index (χ1) is 15.7. The molecular weight excluding hydrogens is 412 g/mol. The number of methoxy groups -OCH3 is 1. The van der Waals surface area contributed by atoms with Crippen LogP contribution in [0.15, 0.2) is 0 Å². The molecule has 0 spiro atoms. The van der Waals surface area contributed by atoms with E-state index in [1.165, 1.54) is 58.5 Å². The molecule has 0 unspecified atom stereocenters. The van der Waals surface area contributed by atoms with Crippen LogP contribution in [0.4, 0.5) is 0 Å². The average molecular weight is 461 g/mol. The highest BCUT2D eigenvalue weighted by Gasteiger charge is 2.65. The maximum Gasteiger partial charge on any atom is 0.305 e. The number of esters is 2. The lowest BCUT2D eigenvalue weighted by Gasteiger charge is -2.64. The number of fused-ring (bicyclic) bond motifs is 5. The largest absolute Gasteiger partial charge is 0.469 e. The van der Waals surface area contributed by atoms with Gasteiger partial charge < -0.3 is 9.47 Å². The number of hydrogen-bond acceptors (Lipinski definition) is 4. The molecule has 4 rings (SSSR count). The molecule has 4 fully saturated rings. The quantitative estimate of drug-likeness (QED) is 0.409. The van der Waals surface area contributed by atoms with Gasteiger partial charge >= 0.3 is 11.9 Å². The third-order valence-corrected chi connectivity index (χ3v) is 11.4. The number of hydrogen-bond donors (Lipinski definition) is 0. The van der Waals surface area contributed by atoms with E-state index in [4.69, 9.17) is 9.47 Å². The maximum absolute atomic E-state index is 12.3. The zero-order chi connectivity index (χ0) is 24.0. The highest BCUT2D eigenvalue weighted by molar-refractivity contribution is 5.69. The van der Waals surface area contributed by atoms with Crippen LogP contribution in [0, 0.1) is 52.3 Å². The molecule has 4 aliphatic carbocycles. The SMILES string of the molecule is CC[C@H]1[C@@H](OC(C)=O)[C@@H]2[C@H](CC[C@]3(C)[C@@H]([C@H](C)CCC(=O)OC)CC[C@@H]23)[C@@]2(C)CCCC[C@@H]12. The molecule has 4 heteroatoms. The van der Waals surface area contributed by atoms with Crippen molar-refractivity contribution < 1.29 is 19.1 Å². The van der Waals surface area contributed by atoms with Crippen molar-refractivity contribution in [2.75, 3.05) is 7.11 Å². The minimum atomic E-state index is -0.0927. The molecule has 0 saturated heterocycles. The Morgan fingerprint density at radius 3 is 2.36 bits per heavy atom. The van der Waals surface area contributed by atoms with Crippen LogP contribution in [-0.2, 0) is 19.1 Å². The highest BCUT2D eigenvalue weighted by Crippen LogP contribution is 2.70. The van der Waals surface area contributed by atoms with Crippen LogP contribution in [0.25, 0.3) is 0 Å². The summed E-state index contributed by atoms with van der Waals surface area (Å²) >= 11 is 0. The summed E-state index contributed by atoms with van der Waals surface area (Å²) in [5, 5.41) is 0. The van der Waals surface area contributed by atoms with Crippen molar-refractivity contribution in [2.24, 2.45) is 52.3 Å². The fourth-order valence-corrected chi connectivity index (χ4v) is 9.98. The molecule has 0 aromatic carbocycles. The van der Waals surface area contributed by atoms with Gasteiger partial charge in [0.25, 0.3) is 0 Å². The Balaban J connectivity index is 1.65. The normalized spacial score (nSPS) is 45.3. The van der Waals surface area contributed by atoms with Crippen LogP contribution < -0.4 is 0 Å². The third kappa shape index (κ3) is 4.16. The molecule has 0 aliphatic heterocycles. The van der Waals surface area contributed by atoms with Gasteiger partial charge in [0.2, 0.25) is 0 Å². The summed E-state index contributed by atoms with van der Waals surface area (Å²) in [7, 11) is 1.49. The van der Waals surface area contributed by atoms with Crippen molar-refractivity contribution in [3.8, 4) is 0 Å². The van der Waals surface area contributed by atoms with Crippen molar-refractivity contribution in [1.29, 1.82) is 0 Å². The van der Waals surface area contributed by atoms with E-state index in [0.717, 1.165) is 12.8 Å². The van der Waals surface area contributed by atoms with Gasteiger partial charge in [-0.15, -0.1) is 0 Å². The van der Waals surface area contributed by atoms with E-state index in [-0.39, 0.29) is 23.5 Å². The Morgan fingerprint density at radius 1 is 0.970 bits per heavy atom. The monoisotopic (exact) mass is 460 g/mol. The van der Waals surface area contributed by atoms with Crippen LogP contribution in [0.2, 0.25) is 0 Å². The molecule has 188 valence electrons. The second kappa shape index (κ2) is 9.53. The minimum Gasteiger partial charge on any atom is -0.469 e. The smallest absolute Gasteiger partial charge is 0.305 e. The Labute approximate surface area is 201 Å². The molecule has 0 aromatic heterocycles. The van der Waals surface area contributed by atoms with Gasteiger partial charge in [-0.05, 0) is 97.7 Å². The Bertz CT molecular complexity index is 733. The lowest BCUT2D eigenvalue weighted by Crippen LogP contribution is -2.62. The second-order valence-electron chi connectivity index (χ2n) is 12.6. The molecule has 0 amide bonds. The van der Waals surface area contributed by atoms with Crippen molar-refractivity contribution in [3.05, 3.63) is 0 Å². The van der Waals surface area contributed by atoms with Gasteiger partial charge in [-0.3, -0.25) is 9.59 Å². The number of carbonyl (C=O) groups excluding carboxylic acids is 2. The Morgan fingerprint density at radius 2 is 1.70 bits per heavy atom. The first kappa shape index (κ1) is 25.0. The van der Waals surface area contributed by atoms with Crippen molar-refractivity contribution in [3.63, 3.8) is 0 Å². The van der Waals surface area contributed by atoms with Crippen LogP contribution in [-0.4, -0.2) is 25.2 Å². The maximum atomic E-state index is 12.3. The van der Waals surface area contributed by atoms with Gasteiger partial charge in [-0.1, -0.05) is 40.5 Å². The minimum absolute atomic E-state index is 0.0856. The van der Waals surface area contributed by atoms with Gasteiger partial charge in [-0.25, -0.2) is 0 Å². The lowest BCUT2D eigenvalue weighted by molar-refractivity contribution is -0.211. The first-order valence-corrected chi connectivity index (χ1v) is 13.9. The van der Waals surface area contributed by atoms with Gasteiger partial charge in [0.15, 0.2) is 0 Å². The van der Waals surface area contributed by atoms with Crippen LogP contribution in [0.1, 0.15) is 105 Å². The van der Waals surface area contributed by atoms with Crippen LogP contribution in [0.3, 0.4) is 0 Å². The summed E-state index contributed by atoms with van der Waals surface area (Å²) in [4.78, 5) is 24.1. The van der Waals surface area contributed by atoms with Gasteiger partial charge in [0.1, 0.15) is 6.10 Å². The average Bonchev–Trinajstić information content (AvgIpc) is 3.14. The van der Waals surface area contributed by atoms with Gasteiger partial charge in [0.05, 0.1) is 7.11 Å². The van der Waals surface area contributed by atoms with Crippen molar-refractivity contribution in [2.45, 2.75) is 111 Å². The predicted octanol–water partition coefficient (Wildman–Crippen LogP) is 6.80. The number of rotatable bonds is 6. The van der Waals surface area contributed by atoms with Crippen LogP contribution >= 0.6 is 0 Å². The predicted molar refractivity (Wildman–Crippen MR) is 130 cm³/mol. The fraction of sp³-hybridized carbons (Fsp3) is 0.931. The van der Waals surface area contributed by atoms with E-state index in [0.29, 0.717) is 53.3 Å². The van der Waals surface area contributed by atoms with E-state index < -0.39 is 0 Å². The number of ether oxygens (including phenoxy) is 2. The summed E-state index contributed by atoms with van der Waals surface area (Å²) < 4.78 is 11.2. The summed E-state index contributed by atoms with van der Waals surface area (Å²) in [6.07, 6.45) is 13.1. The Kier molecular flexibility index (Phi) is 7.23. The molecule has 4 saturated carbocycles. The first-order valence-electron chi connectivity index (χ1n) is 13.9. The molecule has 0 heterocycles. The summed E-state index contributed by atoms with van der Waals surface area (Å²) in [5.41, 5.74) is 0.682. The zero-order valence-corrected chi connectivity index (χ0v) is 22.0. The highest BCUT2D eigenvalue weighted by atomic mass is 16.5. The summed E-state index contributed by atoms with van der Waals surface area (Å²) in [6, 6.07) is 0. The second-order valence-corrected chi connectivity index (χ2v) is 12.6. The van der Waals surface area contributed by atoms with Crippen LogP contribution in [0.5, 0.6) is 0 Å². The Hall–Kier alpha value is -1.06. The molecule has 0 radical (unpaired) electrons. The molecule has 0 N–H and O–H groups in total. The van der Waals surface area contributed by atoms with Gasteiger partial charge in [-0.2, -0.15) is 0 Å². The third-order valence-electron chi connectivity index (χ3n) is 11.4. The zero-order valence-electron chi connectivity index (χ0n) is 22.0. The topological polar surface area (TPSA) is 52.6 Å². The molecule has 0 aromatic rings. The standard InChI is InChI=1S/C29H48O4/c1-7-20-22-10-8-9-16-28(22,4)24-15-17-29(5)21(18(2)11-14-25(31)32-6)12-13-23(29)26(24)27(20)33-19(3)30/h18,20-24,26-27H,7-17H2,1-6H3/t18-,20-,21-,22+,23+,24+,26+,27-,28+,29-/m1/s1.